The van der Waals surface area contributed by atoms with Crippen LogP contribution in [-0.2, 0) is 32.4 Å². The third-order valence-corrected chi connectivity index (χ3v) is 1.26. The molecule has 1 rings (SSSR count). The van der Waals surface area contributed by atoms with Gasteiger partial charge in [0.05, 0.1) is 0 Å². The minimum atomic E-state index is -4.72. The van der Waals surface area contributed by atoms with Gasteiger partial charge in [0.25, 0.3) is 0 Å². The summed E-state index contributed by atoms with van der Waals surface area (Å²) in [6.45, 7) is 0. The van der Waals surface area contributed by atoms with Crippen molar-refractivity contribution in [2.45, 2.75) is 6.18 Å². The van der Waals surface area contributed by atoms with Gasteiger partial charge >= 0.3 is 6.18 Å². The number of rotatable bonds is 0. The molecular weight excluding hydrogens is 267 g/mol. The summed E-state index contributed by atoms with van der Waals surface area (Å²) >= 11 is 0. The molecule has 0 aromatic heterocycles. The molecule has 0 aliphatic heterocycles. The molecule has 0 saturated carbocycles. The third-order valence-electron chi connectivity index (χ3n) is 1.26. The number of phenolic OH excluding ortho intramolecular Hbond substituents is 1. The largest absolute Gasteiger partial charge is 0.507 e. The van der Waals surface area contributed by atoms with Gasteiger partial charge in [0, 0.05) is 26.2 Å². The standard InChI is InChI=1S/C7H4F4O.Zr/c8-4-1-2-6(12)5(3-4)7(9,10)11;/h1-3,12H;. The number of phenols is 1. The van der Waals surface area contributed by atoms with Gasteiger partial charge in [0.1, 0.15) is 17.1 Å². The van der Waals surface area contributed by atoms with E-state index < -0.39 is 23.3 Å². The van der Waals surface area contributed by atoms with E-state index in [2.05, 4.69) is 0 Å². The van der Waals surface area contributed by atoms with E-state index in [9.17, 15) is 17.6 Å². The molecule has 0 heterocycles. The van der Waals surface area contributed by atoms with Crippen LogP contribution in [0.2, 0.25) is 0 Å². The van der Waals surface area contributed by atoms with Gasteiger partial charge in [-0.25, -0.2) is 4.39 Å². The molecule has 0 aliphatic rings. The predicted molar refractivity (Wildman–Crippen MR) is 33.1 cm³/mol. The topological polar surface area (TPSA) is 20.2 Å². The number of alkyl halides is 3. The molecule has 1 aromatic carbocycles. The van der Waals surface area contributed by atoms with Crippen LogP contribution in [0.25, 0.3) is 0 Å². The quantitative estimate of drug-likeness (QED) is 0.719. The molecule has 0 atom stereocenters. The molecule has 0 radical (unpaired) electrons. The van der Waals surface area contributed by atoms with E-state index in [1.807, 2.05) is 0 Å². The van der Waals surface area contributed by atoms with Gasteiger partial charge < -0.3 is 5.11 Å². The van der Waals surface area contributed by atoms with E-state index in [0.29, 0.717) is 6.07 Å². The smallest absolute Gasteiger partial charge is 0.420 e. The van der Waals surface area contributed by atoms with Crippen molar-refractivity contribution in [3.63, 3.8) is 0 Å². The van der Waals surface area contributed by atoms with Crippen molar-refractivity contribution in [1.82, 2.24) is 0 Å². The van der Waals surface area contributed by atoms with Gasteiger partial charge in [-0.1, -0.05) is 0 Å². The molecule has 0 unspecified atom stereocenters. The van der Waals surface area contributed by atoms with Crippen LogP contribution >= 0.6 is 0 Å². The summed E-state index contributed by atoms with van der Waals surface area (Å²) in [4.78, 5) is 0. The molecule has 1 nitrogen and oxygen atoms in total. The van der Waals surface area contributed by atoms with E-state index in [1.54, 1.807) is 0 Å². The van der Waals surface area contributed by atoms with E-state index in [-0.39, 0.29) is 32.3 Å². The van der Waals surface area contributed by atoms with E-state index in [4.69, 9.17) is 5.11 Å². The Morgan fingerprint density at radius 2 is 1.69 bits per heavy atom. The van der Waals surface area contributed by atoms with Gasteiger partial charge in [-0.15, -0.1) is 0 Å². The Morgan fingerprint density at radius 3 is 2.08 bits per heavy atom. The first kappa shape index (κ1) is 12.6. The van der Waals surface area contributed by atoms with Crippen LogP contribution in [0.4, 0.5) is 17.6 Å². The summed E-state index contributed by atoms with van der Waals surface area (Å²) in [5.74, 6) is -2.00. The fourth-order valence-electron chi connectivity index (χ4n) is 0.735. The molecule has 1 aromatic rings. The zero-order valence-electron chi connectivity index (χ0n) is 6.19. The number of benzene rings is 1. The second-order valence-corrected chi connectivity index (χ2v) is 2.16. The molecule has 0 bridgehead atoms. The van der Waals surface area contributed by atoms with Crippen LogP contribution in [-0.4, -0.2) is 5.11 Å². The first-order chi connectivity index (χ1) is 5.41. The van der Waals surface area contributed by atoms with Crippen LogP contribution in [0.15, 0.2) is 18.2 Å². The Hall–Kier alpha value is -0.377. The Morgan fingerprint density at radius 1 is 1.15 bits per heavy atom. The molecule has 0 spiro atoms. The summed E-state index contributed by atoms with van der Waals surface area (Å²) in [6, 6.07) is 1.66. The monoisotopic (exact) mass is 270 g/mol. The van der Waals surface area contributed by atoms with Gasteiger partial charge in [-0.05, 0) is 18.2 Å². The summed E-state index contributed by atoms with van der Waals surface area (Å²) in [5.41, 5.74) is -1.36. The fraction of sp³-hybridized carbons (Fsp3) is 0.143. The van der Waals surface area contributed by atoms with Crippen molar-refractivity contribution in [3.8, 4) is 5.75 Å². The molecule has 13 heavy (non-hydrogen) atoms. The van der Waals surface area contributed by atoms with Crippen LogP contribution in [0, 0.1) is 5.82 Å². The van der Waals surface area contributed by atoms with Crippen molar-refractivity contribution in [2.75, 3.05) is 0 Å². The molecule has 0 saturated heterocycles. The van der Waals surface area contributed by atoms with Crippen molar-refractivity contribution >= 4 is 0 Å². The minimum Gasteiger partial charge on any atom is -0.507 e. The van der Waals surface area contributed by atoms with Gasteiger partial charge in [-0.3, -0.25) is 0 Å². The Kier molecular flexibility index (Phi) is 4.10. The molecule has 1 N–H and O–H groups in total. The summed E-state index contributed by atoms with van der Waals surface area (Å²) < 4.78 is 48.0. The molecule has 0 aliphatic carbocycles. The molecule has 0 fully saturated rings. The average Bonchev–Trinajstić information content (AvgIpc) is 1.92. The number of halogens is 4. The Balaban J connectivity index is 0.00000144. The van der Waals surface area contributed by atoms with Crippen molar-refractivity contribution in [3.05, 3.63) is 29.6 Å². The van der Waals surface area contributed by atoms with Crippen molar-refractivity contribution in [2.24, 2.45) is 0 Å². The van der Waals surface area contributed by atoms with Crippen LogP contribution < -0.4 is 0 Å². The Bertz CT molecular complexity index is 297. The minimum absolute atomic E-state index is 0. The maximum atomic E-state index is 12.3. The van der Waals surface area contributed by atoms with Gasteiger partial charge in [0.15, 0.2) is 0 Å². The van der Waals surface area contributed by atoms with Crippen molar-refractivity contribution in [1.29, 1.82) is 0 Å². The van der Waals surface area contributed by atoms with E-state index in [0.717, 1.165) is 6.07 Å². The summed E-state index contributed by atoms with van der Waals surface area (Å²) in [5, 5.41) is 8.68. The second-order valence-electron chi connectivity index (χ2n) is 2.16. The molecular formula is C7H4F4OZr. The number of hydrogen-bond acceptors (Lipinski definition) is 1. The third kappa shape index (κ3) is 3.10. The summed E-state index contributed by atoms with van der Waals surface area (Å²) in [6.07, 6.45) is -4.72. The van der Waals surface area contributed by atoms with E-state index in [1.165, 1.54) is 0 Å². The maximum Gasteiger partial charge on any atom is 0.420 e. The second kappa shape index (κ2) is 4.22. The average molecular weight is 271 g/mol. The maximum absolute atomic E-state index is 12.3. The van der Waals surface area contributed by atoms with Gasteiger partial charge in [0.2, 0.25) is 0 Å². The fourth-order valence-corrected chi connectivity index (χ4v) is 0.735. The number of aromatic hydroxyl groups is 1. The zero-order valence-corrected chi connectivity index (χ0v) is 8.65. The Labute approximate surface area is 90.5 Å². The van der Waals surface area contributed by atoms with Crippen molar-refractivity contribution < 1.29 is 48.9 Å². The molecule has 70 valence electrons. The molecule has 6 heteroatoms. The first-order valence-electron chi connectivity index (χ1n) is 2.97. The van der Waals surface area contributed by atoms with Crippen LogP contribution in [0.3, 0.4) is 0 Å². The van der Waals surface area contributed by atoms with Crippen LogP contribution in [0.1, 0.15) is 5.56 Å². The predicted octanol–water partition coefficient (Wildman–Crippen LogP) is 2.55. The van der Waals surface area contributed by atoms with Crippen LogP contribution in [0.5, 0.6) is 5.75 Å². The number of hydrogen-bond donors (Lipinski definition) is 1. The molecule has 0 amide bonds. The van der Waals surface area contributed by atoms with E-state index >= 15 is 0 Å². The zero-order chi connectivity index (χ0) is 9.35. The van der Waals surface area contributed by atoms with Gasteiger partial charge in [-0.2, -0.15) is 13.2 Å². The SMILES string of the molecule is Oc1ccc(F)cc1C(F)(F)F.[Zr]. The normalized spacial score (nSPS) is 10.8. The first-order valence-corrected chi connectivity index (χ1v) is 2.97. The summed E-state index contributed by atoms with van der Waals surface area (Å²) in [7, 11) is 0.